The predicted molar refractivity (Wildman–Crippen MR) is 145 cm³/mol. The Hall–Kier alpha value is -3.74. The van der Waals surface area contributed by atoms with Crippen LogP contribution < -0.4 is 10.9 Å². The summed E-state index contributed by atoms with van der Waals surface area (Å²) in [7, 11) is 0. The van der Waals surface area contributed by atoms with Gasteiger partial charge >= 0.3 is 0 Å². The maximum absolute atomic E-state index is 13.3. The molecule has 1 aromatic heterocycles. The number of aromatic nitrogens is 1. The van der Waals surface area contributed by atoms with E-state index in [0.717, 1.165) is 11.1 Å². The number of hydrogen-bond donors (Lipinski definition) is 1. The van der Waals surface area contributed by atoms with Gasteiger partial charge in [-0.2, -0.15) is 5.26 Å². The van der Waals surface area contributed by atoms with Gasteiger partial charge in [-0.15, -0.1) is 0 Å². The molecule has 2 heterocycles. The lowest BCUT2D eigenvalue weighted by molar-refractivity contribution is -0.122. The van der Waals surface area contributed by atoms with Crippen molar-refractivity contribution in [3.05, 3.63) is 103 Å². The Bertz CT molecular complexity index is 1460. The van der Waals surface area contributed by atoms with E-state index >= 15 is 0 Å². The Morgan fingerprint density at radius 3 is 2.44 bits per heavy atom. The van der Waals surface area contributed by atoms with Crippen LogP contribution in [0.5, 0.6) is 0 Å². The second-order valence-corrected chi connectivity index (χ2v) is 9.83. The zero-order chi connectivity index (χ0) is 25.8. The van der Waals surface area contributed by atoms with Crippen molar-refractivity contribution < 1.29 is 9.18 Å². The van der Waals surface area contributed by atoms with Crippen molar-refractivity contribution in [2.24, 2.45) is 0 Å². The third-order valence-electron chi connectivity index (χ3n) is 5.90. The van der Waals surface area contributed by atoms with Crippen molar-refractivity contribution in [1.29, 1.82) is 5.26 Å². The molecule has 1 amide bonds. The van der Waals surface area contributed by atoms with Gasteiger partial charge in [0.1, 0.15) is 27.6 Å². The smallest absolute Gasteiger partial charge is 0.270 e. The fourth-order valence-electron chi connectivity index (χ4n) is 3.98. The van der Waals surface area contributed by atoms with Crippen LogP contribution in [0.2, 0.25) is 0 Å². The van der Waals surface area contributed by atoms with Crippen LogP contribution in [0.25, 0.3) is 6.08 Å². The van der Waals surface area contributed by atoms with E-state index in [-0.39, 0.29) is 17.3 Å². The van der Waals surface area contributed by atoms with Gasteiger partial charge in [0.15, 0.2) is 0 Å². The highest BCUT2D eigenvalue weighted by Crippen LogP contribution is 2.36. The summed E-state index contributed by atoms with van der Waals surface area (Å²) in [6.07, 6.45) is 1.69. The molecule has 4 rings (SSSR count). The number of hydrogen-bond acceptors (Lipinski definition) is 6. The highest BCUT2D eigenvalue weighted by Gasteiger charge is 2.33. The van der Waals surface area contributed by atoms with Gasteiger partial charge in [-0.1, -0.05) is 66.4 Å². The molecule has 1 N–H and O–H groups in total. The van der Waals surface area contributed by atoms with E-state index in [9.17, 15) is 19.2 Å². The van der Waals surface area contributed by atoms with Gasteiger partial charge in [0.25, 0.3) is 11.5 Å². The average molecular weight is 519 g/mol. The minimum atomic E-state index is -0.409. The lowest BCUT2D eigenvalue weighted by atomic mass is 10.0. The summed E-state index contributed by atoms with van der Waals surface area (Å²) in [5.74, 6) is -0.0844. The Kier molecular flexibility index (Phi) is 7.67. The van der Waals surface area contributed by atoms with E-state index < -0.39 is 5.56 Å². The van der Waals surface area contributed by atoms with Gasteiger partial charge in [0, 0.05) is 18.7 Å². The largest absolute Gasteiger partial charge is 0.367 e. The molecule has 6 nitrogen and oxygen atoms in total. The van der Waals surface area contributed by atoms with Gasteiger partial charge in [-0.25, -0.2) is 4.39 Å². The number of nitriles is 1. The van der Waals surface area contributed by atoms with E-state index in [0.29, 0.717) is 45.8 Å². The van der Waals surface area contributed by atoms with Crippen LogP contribution in [0.1, 0.15) is 34.7 Å². The molecule has 1 fully saturated rings. The highest BCUT2D eigenvalue weighted by molar-refractivity contribution is 8.26. The molecule has 0 atom stereocenters. The van der Waals surface area contributed by atoms with Crippen LogP contribution >= 0.6 is 24.0 Å². The molecule has 1 saturated heterocycles. The van der Waals surface area contributed by atoms with Crippen molar-refractivity contribution >= 4 is 46.1 Å². The van der Waals surface area contributed by atoms with Gasteiger partial charge in [0.05, 0.1) is 11.4 Å². The fourth-order valence-corrected chi connectivity index (χ4v) is 5.21. The monoisotopic (exact) mass is 518 g/mol. The molecule has 0 saturated carbocycles. The summed E-state index contributed by atoms with van der Waals surface area (Å²) in [4.78, 5) is 28.3. The SMILES string of the molecule is CCn1c(NCc2ccc(F)cc2)c(/C=C2/SC(=S)N(Cc3ccccc3)C2=O)c(C)c(C#N)c1=O. The Morgan fingerprint density at radius 1 is 1.11 bits per heavy atom. The number of carbonyl (C=O) groups is 1. The van der Waals surface area contributed by atoms with Crippen molar-refractivity contribution in [2.75, 3.05) is 5.32 Å². The molecule has 36 heavy (non-hydrogen) atoms. The third kappa shape index (κ3) is 5.10. The number of carbonyl (C=O) groups excluding carboxylic acids is 1. The summed E-state index contributed by atoms with van der Waals surface area (Å²) in [6, 6.07) is 17.6. The topological polar surface area (TPSA) is 78.1 Å². The molecule has 2 aromatic carbocycles. The molecule has 0 bridgehead atoms. The Morgan fingerprint density at radius 2 is 1.81 bits per heavy atom. The molecule has 0 aliphatic carbocycles. The molecule has 0 radical (unpaired) electrons. The van der Waals surface area contributed by atoms with Crippen molar-refractivity contribution in [3.63, 3.8) is 0 Å². The number of amides is 1. The summed E-state index contributed by atoms with van der Waals surface area (Å²) in [5.41, 5.74) is 2.42. The summed E-state index contributed by atoms with van der Waals surface area (Å²) < 4.78 is 15.3. The quantitative estimate of drug-likeness (QED) is 0.342. The maximum Gasteiger partial charge on any atom is 0.270 e. The fraction of sp³-hybridized carbons (Fsp3) is 0.185. The van der Waals surface area contributed by atoms with E-state index in [2.05, 4.69) is 5.32 Å². The van der Waals surface area contributed by atoms with E-state index in [1.54, 1.807) is 30.0 Å². The van der Waals surface area contributed by atoms with Gasteiger partial charge < -0.3 is 5.32 Å². The first-order chi connectivity index (χ1) is 17.3. The highest BCUT2D eigenvalue weighted by atomic mass is 32.2. The Labute approximate surface area is 218 Å². The molecule has 1 aliphatic rings. The average Bonchev–Trinajstić information content (AvgIpc) is 3.14. The van der Waals surface area contributed by atoms with Crippen LogP contribution in [0.4, 0.5) is 10.2 Å². The first-order valence-electron chi connectivity index (χ1n) is 11.3. The zero-order valence-corrected chi connectivity index (χ0v) is 21.4. The number of nitrogens with one attached hydrogen (secondary N) is 1. The van der Waals surface area contributed by atoms with Gasteiger partial charge in [-0.05, 0) is 48.7 Å². The Balaban J connectivity index is 1.75. The number of thiocarbonyl (C=S) groups is 1. The normalized spacial score (nSPS) is 14.4. The predicted octanol–water partition coefficient (Wildman–Crippen LogP) is 5.20. The first kappa shape index (κ1) is 25.4. The minimum Gasteiger partial charge on any atom is -0.367 e. The second-order valence-electron chi connectivity index (χ2n) is 8.16. The number of anilines is 1. The summed E-state index contributed by atoms with van der Waals surface area (Å²) in [6.45, 7) is 4.50. The molecular weight excluding hydrogens is 495 g/mol. The van der Waals surface area contributed by atoms with Crippen LogP contribution in [-0.4, -0.2) is 19.7 Å². The van der Waals surface area contributed by atoms with Crippen LogP contribution in [0, 0.1) is 24.1 Å². The third-order valence-corrected chi connectivity index (χ3v) is 7.27. The number of benzene rings is 2. The molecule has 182 valence electrons. The number of nitrogens with zero attached hydrogens (tertiary/aromatic N) is 3. The van der Waals surface area contributed by atoms with E-state index in [1.165, 1.54) is 28.5 Å². The van der Waals surface area contributed by atoms with Gasteiger partial charge in [0.2, 0.25) is 0 Å². The van der Waals surface area contributed by atoms with Crippen molar-refractivity contribution in [1.82, 2.24) is 9.47 Å². The summed E-state index contributed by atoms with van der Waals surface area (Å²) >= 11 is 6.68. The maximum atomic E-state index is 13.3. The van der Waals surface area contributed by atoms with E-state index in [1.807, 2.05) is 43.3 Å². The number of halogens is 1. The second kappa shape index (κ2) is 10.9. The zero-order valence-electron chi connectivity index (χ0n) is 19.7. The molecule has 1 aliphatic heterocycles. The van der Waals surface area contributed by atoms with Crippen molar-refractivity contribution in [2.45, 2.75) is 33.5 Å². The molecule has 9 heteroatoms. The minimum absolute atomic E-state index is 0.0233. The molecule has 0 unspecified atom stereocenters. The number of thioether (sulfide) groups is 1. The van der Waals surface area contributed by atoms with Crippen LogP contribution in [0.3, 0.4) is 0 Å². The number of rotatable bonds is 7. The lowest BCUT2D eigenvalue weighted by Crippen LogP contribution is -2.28. The summed E-state index contributed by atoms with van der Waals surface area (Å²) in [5, 5.41) is 13.0. The van der Waals surface area contributed by atoms with Crippen LogP contribution in [0.15, 0.2) is 64.3 Å². The van der Waals surface area contributed by atoms with Crippen molar-refractivity contribution in [3.8, 4) is 6.07 Å². The standard InChI is InChI=1S/C27H23FN4O2S2/c1-3-31-24(30-15-18-9-11-20(28)12-10-18)21(17(2)22(14-29)25(31)33)13-23-26(34)32(27(35)36-23)16-19-7-5-4-6-8-19/h4-13,30H,3,15-16H2,1-2H3/b23-13+. The molecular formula is C27H23FN4O2S2. The first-order valence-corrected chi connectivity index (χ1v) is 12.5. The van der Waals surface area contributed by atoms with Gasteiger partial charge in [-0.3, -0.25) is 19.1 Å². The lowest BCUT2D eigenvalue weighted by Gasteiger charge is -2.19. The molecule has 3 aromatic rings. The van der Waals surface area contributed by atoms with E-state index in [4.69, 9.17) is 12.2 Å². The number of pyridine rings is 1. The van der Waals surface area contributed by atoms with Crippen LogP contribution in [-0.2, 0) is 24.4 Å². The molecule has 0 spiro atoms.